The lowest BCUT2D eigenvalue weighted by Gasteiger charge is -2.17. The van der Waals surface area contributed by atoms with Crippen LogP contribution in [0.25, 0.3) is 0 Å². The van der Waals surface area contributed by atoms with Crippen LogP contribution in [0.4, 0.5) is 0 Å². The number of halogens is 1. The van der Waals surface area contributed by atoms with Crippen LogP contribution in [0, 0.1) is 22.1 Å². The molecule has 1 aliphatic rings. The Morgan fingerprint density at radius 3 is 1.93 bits per heavy atom. The van der Waals surface area contributed by atoms with Gasteiger partial charge in [-0.1, -0.05) is 13.8 Å². The van der Waals surface area contributed by atoms with E-state index < -0.39 is 10.2 Å². The van der Waals surface area contributed by atoms with Crippen molar-refractivity contribution in [3.8, 4) is 0 Å². The zero-order valence-electron chi connectivity index (χ0n) is 8.60. The van der Waals surface area contributed by atoms with Crippen LogP contribution < -0.4 is 18.6 Å². The van der Waals surface area contributed by atoms with Gasteiger partial charge in [0, 0.05) is 11.8 Å². The van der Waals surface area contributed by atoms with Crippen molar-refractivity contribution in [3.63, 3.8) is 0 Å². The van der Waals surface area contributed by atoms with Gasteiger partial charge in [-0.25, -0.2) is 23.2 Å². The van der Waals surface area contributed by atoms with Crippen molar-refractivity contribution in [1.82, 2.24) is 0 Å². The molecule has 0 bridgehead atoms. The SMILES string of the molecule is CC1C=[N+](C)CC(C)C1.[O-][Cl+3]([O-])([O-])[O-]. The van der Waals surface area contributed by atoms with E-state index in [1.165, 1.54) is 13.0 Å². The van der Waals surface area contributed by atoms with Crippen LogP contribution in [0.5, 0.6) is 0 Å². The molecule has 0 spiro atoms. The summed E-state index contributed by atoms with van der Waals surface area (Å²) < 4.78 is 36.3. The van der Waals surface area contributed by atoms with Crippen LogP contribution in [0.15, 0.2) is 0 Å². The first-order valence-electron chi connectivity index (χ1n) is 4.35. The van der Waals surface area contributed by atoms with Gasteiger partial charge in [0.25, 0.3) is 0 Å². The fourth-order valence-corrected chi connectivity index (χ4v) is 1.76. The predicted molar refractivity (Wildman–Crippen MR) is 40.1 cm³/mol. The van der Waals surface area contributed by atoms with Crippen molar-refractivity contribution in [3.05, 3.63) is 0 Å². The second-order valence-electron chi connectivity index (χ2n) is 3.78. The Kier molecular flexibility index (Phi) is 5.54. The minimum Gasteiger partial charge on any atom is -0.242 e. The maximum absolute atomic E-state index is 8.49. The summed E-state index contributed by atoms with van der Waals surface area (Å²) >= 11 is 0. The van der Waals surface area contributed by atoms with Crippen molar-refractivity contribution in [1.29, 1.82) is 0 Å². The lowest BCUT2D eigenvalue weighted by Crippen LogP contribution is -2.68. The molecule has 0 aromatic heterocycles. The number of nitrogens with zero attached hydrogens (tertiary/aromatic N) is 1. The third-order valence-electron chi connectivity index (χ3n) is 1.88. The largest absolute Gasteiger partial charge is 0.242 e. The van der Waals surface area contributed by atoms with Gasteiger partial charge in [-0.2, -0.15) is 0 Å². The van der Waals surface area contributed by atoms with Crippen molar-refractivity contribution in [2.24, 2.45) is 11.8 Å². The molecule has 1 aliphatic heterocycles. The van der Waals surface area contributed by atoms with E-state index in [1.54, 1.807) is 0 Å². The molecule has 0 aromatic rings. The van der Waals surface area contributed by atoms with E-state index in [9.17, 15) is 0 Å². The summed E-state index contributed by atoms with van der Waals surface area (Å²) in [6, 6.07) is 0. The van der Waals surface area contributed by atoms with Crippen molar-refractivity contribution < 1.29 is 33.5 Å². The van der Waals surface area contributed by atoms with Crippen LogP contribution in [0.1, 0.15) is 20.3 Å². The van der Waals surface area contributed by atoms with Crippen LogP contribution in [0.3, 0.4) is 0 Å². The van der Waals surface area contributed by atoms with E-state index in [0.717, 1.165) is 11.8 Å². The first kappa shape index (κ1) is 13.8. The van der Waals surface area contributed by atoms with Crippen LogP contribution in [0.2, 0.25) is 0 Å². The molecular weight excluding hydrogens is 210 g/mol. The van der Waals surface area contributed by atoms with Crippen molar-refractivity contribution in [2.75, 3.05) is 13.6 Å². The summed E-state index contributed by atoms with van der Waals surface area (Å²) in [5, 5.41) is 0. The molecule has 0 amide bonds. The Hall–Kier alpha value is -0.200. The molecule has 1 heterocycles. The highest BCUT2D eigenvalue weighted by molar-refractivity contribution is 5.54. The zero-order chi connectivity index (χ0) is 11.4. The number of hydrogen-bond acceptors (Lipinski definition) is 4. The van der Waals surface area contributed by atoms with Gasteiger partial charge in [0.1, 0.15) is 19.8 Å². The summed E-state index contributed by atoms with van der Waals surface area (Å²) in [7, 11) is -2.79. The third-order valence-corrected chi connectivity index (χ3v) is 1.88. The highest BCUT2D eigenvalue weighted by atomic mass is 35.7. The molecule has 0 saturated carbocycles. The highest BCUT2D eigenvalue weighted by Crippen LogP contribution is 2.13. The van der Waals surface area contributed by atoms with Gasteiger partial charge < -0.3 is 0 Å². The molecule has 0 saturated heterocycles. The molecule has 0 N–H and O–H groups in total. The topological polar surface area (TPSA) is 95.2 Å². The Labute approximate surface area is 86.0 Å². The minimum atomic E-state index is -4.94. The Morgan fingerprint density at radius 2 is 1.64 bits per heavy atom. The highest BCUT2D eigenvalue weighted by Gasteiger charge is 2.18. The van der Waals surface area contributed by atoms with Gasteiger partial charge in [0.2, 0.25) is 0 Å². The van der Waals surface area contributed by atoms with Gasteiger partial charge in [-0.3, -0.25) is 0 Å². The quantitative estimate of drug-likeness (QED) is 0.402. The molecule has 0 fully saturated rings. The molecule has 0 radical (unpaired) electrons. The Bertz CT molecular complexity index is 196. The van der Waals surface area contributed by atoms with Gasteiger partial charge in [-0.05, 0) is 6.42 Å². The third kappa shape index (κ3) is 9.88. The molecule has 2 unspecified atom stereocenters. The van der Waals surface area contributed by atoms with Crippen LogP contribution >= 0.6 is 0 Å². The predicted octanol–water partition coefficient (Wildman–Crippen LogP) is -3.38. The first-order valence-corrected chi connectivity index (χ1v) is 5.59. The van der Waals surface area contributed by atoms with E-state index in [4.69, 9.17) is 18.6 Å². The molecule has 1 rings (SSSR count). The molecule has 2 atom stereocenters. The molecular formula is C8H16ClNO4. The van der Waals surface area contributed by atoms with E-state index in [1.807, 2.05) is 0 Å². The lowest BCUT2D eigenvalue weighted by molar-refractivity contribution is -2.00. The number of hydrogen-bond donors (Lipinski definition) is 0. The normalized spacial score (nSPS) is 27.5. The second-order valence-corrected chi connectivity index (χ2v) is 4.54. The minimum absolute atomic E-state index is 0.791. The lowest BCUT2D eigenvalue weighted by atomic mass is 9.95. The van der Waals surface area contributed by atoms with Crippen LogP contribution in [-0.4, -0.2) is 24.4 Å². The molecule has 0 aliphatic carbocycles. The maximum atomic E-state index is 8.49. The molecule has 6 heteroatoms. The summed E-state index contributed by atoms with van der Waals surface area (Å²) in [5.74, 6) is 1.67. The van der Waals surface area contributed by atoms with E-state index >= 15 is 0 Å². The van der Waals surface area contributed by atoms with Gasteiger partial charge in [0.05, 0.1) is 0 Å². The summed E-state index contributed by atoms with van der Waals surface area (Å²) in [6.45, 7) is 5.84. The standard InChI is InChI=1S/C8H16N.ClHO4/c1-7-4-8(2)6-9(3)5-7;2-1(3,4)5/h5,7-8H,4,6H2,1-3H3;(H,2,3,4,5)/q+1;/p-1. The zero-order valence-corrected chi connectivity index (χ0v) is 9.36. The van der Waals surface area contributed by atoms with E-state index in [2.05, 4.69) is 31.7 Å². The fourth-order valence-electron chi connectivity index (χ4n) is 1.76. The molecule has 5 nitrogen and oxygen atoms in total. The van der Waals surface area contributed by atoms with Crippen molar-refractivity contribution >= 4 is 6.21 Å². The Balaban J connectivity index is 0.000000292. The second kappa shape index (κ2) is 5.63. The Morgan fingerprint density at radius 1 is 1.21 bits per heavy atom. The molecule has 0 aromatic carbocycles. The summed E-state index contributed by atoms with van der Waals surface area (Å²) in [6.07, 6.45) is 3.68. The van der Waals surface area contributed by atoms with E-state index in [-0.39, 0.29) is 0 Å². The average molecular weight is 226 g/mol. The fraction of sp³-hybridized carbons (Fsp3) is 0.875. The van der Waals surface area contributed by atoms with E-state index in [0.29, 0.717) is 0 Å². The first-order chi connectivity index (χ1) is 6.18. The maximum Gasteiger partial charge on any atom is 0.144 e. The van der Waals surface area contributed by atoms with Crippen molar-refractivity contribution in [2.45, 2.75) is 20.3 Å². The molecule has 84 valence electrons. The van der Waals surface area contributed by atoms with Gasteiger partial charge >= 0.3 is 0 Å². The van der Waals surface area contributed by atoms with Gasteiger partial charge in [-0.15, -0.1) is 10.2 Å². The van der Waals surface area contributed by atoms with Crippen LogP contribution in [-0.2, 0) is 0 Å². The van der Waals surface area contributed by atoms with Gasteiger partial charge in [0.15, 0.2) is 0 Å². The summed E-state index contributed by atoms with van der Waals surface area (Å²) in [5.41, 5.74) is 0. The molecule has 14 heavy (non-hydrogen) atoms. The monoisotopic (exact) mass is 225 g/mol. The smallest absolute Gasteiger partial charge is 0.144 e. The number of rotatable bonds is 0. The average Bonchev–Trinajstić information content (AvgIpc) is 1.77. The summed E-state index contributed by atoms with van der Waals surface area (Å²) in [4.78, 5) is 0.